The Morgan fingerprint density at radius 3 is 2.03 bits per heavy atom. The summed E-state index contributed by atoms with van der Waals surface area (Å²) in [6, 6.07) is 8.91. The second kappa shape index (κ2) is 22.8. The summed E-state index contributed by atoms with van der Waals surface area (Å²) in [6.45, 7) is 1.51. The summed E-state index contributed by atoms with van der Waals surface area (Å²) in [5.41, 5.74) is 1.87. The van der Waals surface area contributed by atoms with Crippen molar-refractivity contribution < 1.29 is 79.4 Å². The van der Waals surface area contributed by atoms with E-state index >= 15 is 0 Å². The Morgan fingerprint density at radius 1 is 0.817 bits per heavy atom. The van der Waals surface area contributed by atoms with Crippen molar-refractivity contribution in [1.82, 2.24) is 10.0 Å². The molecule has 2 aliphatic rings. The van der Waals surface area contributed by atoms with Crippen LogP contribution in [0.4, 0.5) is 5.69 Å². The minimum atomic E-state index is -4.23. The van der Waals surface area contributed by atoms with E-state index in [2.05, 4.69) is 14.7 Å². The number of nitrogens with zero attached hydrogens (tertiary/aromatic N) is 3. The maximum Gasteiger partial charge on any atom is 0.333 e. The van der Waals surface area contributed by atoms with Gasteiger partial charge in [0.1, 0.15) is 19.0 Å². The summed E-state index contributed by atoms with van der Waals surface area (Å²) in [6.07, 6.45) is 8.65. The fraction of sp³-hybridized carbons (Fsp3) is 0.486. The third-order valence-corrected chi connectivity index (χ3v) is 11.8. The number of aromatic hydroxyl groups is 2. The van der Waals surface area contributed by atoms with Crippen molar-refractivity contribution in [2.75, 3.05) is 54.9 Å². The Hall–Kier alpha value is -4.62. The fourth-order valence-corrected chi connectivity index (χ4v) is 8.07. The number of ketones is 2. The van der Waals surface area contributed by atoms with Gasteiger partial charge < -0.3 is 25.3 Å². The van der Waals surface area contributed by atoms with E-state index in [-0.39, 0.29) is 69.2 Å². The van der Waals surface area contributed by atoms with Gasteiger partial charge in [-0.1, -0.05) is 29.3 Å². The first kappa shape index (κ1) is 48.1. The topological polar surface area (TPSA) is 289 Å². The monoisotopic (exact) mass is 901 g/mol. The zero-order valence-corrected chi connectivity index (χ0v) is 34.9. The molecule has 0 aliphatic heterocycles. The Morgan fingerprint density at radius 2 is 1.42 bits per heavy atom. The number of aromatic nitrogens is 1. The number of benzene rings is 1. The van der Waals surface area contributed by atoms with Crippen molar-refractivity contribution in [2.24, 2.45) is 11.8 Å². The molecule has 1 fully saturated rings. The molecule has 330 valence electrons. The third kappa shape index (κ3) is 15.1. The molecule has 0 atom stereocenters. The van der Waals surface area contributed by atoms with Gasteiger partial charge >= 0.3 is 5.97 Å². The molecule has 23 heteroatoms. The van der Waals surface area contributed by atoms with Crippen LogP contribution in [0.25, 0.3) is 0 Å². The highest BCUT2D eigenvalue weighted by Crippen LogP contribution is 2.41. The molecule has 0 radical (unpaired) electrons. The lowest BCUT2D eigenvalue weighted by Gasteiger charge is -2.36. The molecule has 2 aliphatic carbocycles. The molecule has 1 aromatic carbocycles. The molecule has 1 amide bonds. The second-order valence-corrected chi connectivity index (χ2v) is 17.9. The normalized spacial score (nSPS) is 17.7. The van der Waals surface area contributed by atoms with Gasteiger partial charge in [-0.15, -0.1) is 9.06 Å². The first-order valence-corrected chi connectivity index (χ1v) is 23.1. The van der Waals surface area contributed by atoms with Gasteiger partial charge in [0.2, 0.25) is 17.7 Å². The van der Waals surface area contributed by atoms with Gasteiger partial charge in [-0.05, 0) is 37.0 Å². The van der Waals surface area contributed by atoms with E-state index in [9.17, 15) is 50.8 Å². The van der Waals surface area contributed by atoms with Crippen molar-refractivity contribution in [3.05, 3.63) is 66.3 Å². The SMILES string of the molecule is O=C(CCC[N+](CCCSOOO)=C1C=CC(C2C(=O)C(c3ccc(N(CCCC(=O)On4c(O)ccc4O)CCCS(=O)(=O)O)cc3)C2=O)C=C1)NCCCS(=O)(=O)O. The number of nitrogens with one attached hydrogen (secondary N) is 1. The maximum absolute atomic E-state index is 13.5. The molecular formula is C37H49N4O16S3+. The number of Topliss-reactive ketones (excluding diaryl/α,β-unsaturated/α-hetero) is 2. The lowest BCUT2D eigenvalue weighted by Crippen LogP contribution is -2.49. The molecule has 2 aromatic rings. The van der Waals surface area contributed by atoms with Crippen LogP contribution in [0, 0.1) is 11.8 Å². The van der Waals surface area contributed by atoms with Gasteiger partial charge in [0, 0.05) is 99.0 Å². The van der Waals surface area contributed by atoms with Crippen LogP contribution >= 0.6 is 12.0 Å². The van der Waals surface area contributed by atoms with Crippen molar-refractivity contribution in [1.29, 1.82) is 0 Å². The third-order valence-electron chi connectivity index (χ3n) is 9.60. The van der Waals surface area contributed by atoms with E-state index in [4.69, 9.17) is 14.6 Å². The standard InChI is InChI=1S/C37H48N4O16S3/c42-30(38-18-3-24-59(49,50)51)6-1-19-39(21-4-23-58-57-56-48)28-12-8-26(9-13-28)34-36(46)35(37(34)47)27-10-14-29(15-11-27)40(22-5-25-60(52,53)54)20-2-7-33(45)55-41-31(43)16-17-32(41)44/h8-17,26,34-35H,1-7,18-25H2,(H5-,38,42,43,44,48,49,50,51,52,53,54)/p+1. The highest BCUT2D eigenvalue weighted by Gasteiger charge is 2.52. The molecule has 6 N–H and O–H groups in total. The maximum atomic E-state index is 13.5. The highest BCUT2D eigenvalue weighted by molar-refractivity contribution is 7.94. The molecule has 0 unspecified atom stereocenters. The van der Waals surface area contributed by atoms with Crippen LogP contribution < -0.4 is 15.1 Å². The second-order valence-electron chi connectivity index (χ2n) is 14.0. The van der Waals surface area contributed by atoms with Crippen LogP contribution in [-0.2, 0) is 48.8 Å². The van der Waals surface area contributed by atoms with Crippen molar-refractivity contribution >= 4 is 67.1 Å². The first-order valence-electron chi connectivity index (χ1n) is 19.0. The first-order chi connectivity index (χ1) is 28.5. The number of anilines is 1. The molecular weight excluding hydrogens is 853 g/mol. The predicted octanol–water partition coefficient (Wildman–Crippen LogP) is 2.10. The van der Waals surface area contributed by atoms with E-state index in [1.54, 1.807) is 41.3 Å². The highest BCUT2D eigenvalue weighted by atomic mass is 32.2. The number of amides is 1. The van der Waals surface area contributed by atoms with E-state index in [0.29, 0.717) is 47.7 Å². The summed E-state index contributed by atoms with van der Waals surface area (Å²) >= 11 is 0.904. The smallest absolute Gasteiger partial charge is 0.333 e. The largest absolute Gasteiger partial charge is 0.492 e. The zero-order valence-electron chi connectivity index (χ0n) is 32.4. The molecule has 1 aromatic heterocycles. The number of hydrogen-bond acceptors (Lipinski definition) is 16. The molecule has 60 heavy (non-hydrogen) atoms. The predicted molar refractivity (Wildman–Crippen MR) is 216 cm³/mol. The number of rotatable bonds is 26. The van der Waals surface area contributed by atoms with Crippen molar-refractivity contribution in [3.8, 4) is 11.8 Å². The van der Waals surface area contributed by atoms with Crippen LogP contribution in [-0.4, -0.2) is 130 Å². The van der Waals surface area contributed by atoms with E-state index in [1.165, 1.54) is 0 Å². The van der Waals surface area contributed by atoms with E-state index < -0.39 is 67.2 Å². The van der Waals surface area contributed by atoms with Gasteiger partial charge in [-0.2, -0.15) is 16.8 Å². The van der Waals surface area contributed by atoms with Crippen LogP contribution in [0.15, 0.2) is 60.7 Å². The van der Waals surface area contributed by atoms with Crippen LogP contribution in [0.5, 0.6) is 11.8 Å². The number of hydrogen-bond donors (Lipinski definition) is 6. The Balaban J connectivity index is 1.35. The Labute approximate surface area is 351 Å². The molecule has 1 saturated carbocycles. The molecule has 20 nitrogen and oxygen atoms in total. The zero-order chi connectivity index (χ0) is 43.9. The van der Waals surface area contributed by atoms with E-state index in [1.807, 2.05) is 16.7 Å². The van der Waals surface area contributed by atoms with Crippen LogP contribution in [0.3, 0.4) is 0 Å². The Bertz CT molecular complexity index is 2080. The summed E-state index contributed by atoms with van der Waals surface area (Å²) < 4.78 is 69.6. The van der Waals surface area contributed by atoms with Gasteiger partial charge in [0.25, 0.3) is 20.2 Å². The number of allylic oxidation sites excluding steroid dienone is 4. The summed E-state index contributed by atoms with van der Waals surface area (Å²) in [5.74, 6) is -5.29. The van der Waals surface area contributed by atoms with Crippen molar-refractivity contribution in [3.63, 3.8) is 0 Å². The summed E-state index contributed by atoms with van der Waals surface area (Å²) in [7, 11) is -8.34. The van der Waals surface area contributed by atoms with Crippen LogP contribution in [0.1, 0.15) is 56.4 Å². The quantitative estimate of drug-likeness (QED) is 0.0150. The van der Waals surface area contributed by atoms with Gasteiger partial charge in [-0.25, -0.2) is 14.6 Å². The summed E-state index contributed by atoms with van der Waals surface area (Å²) in [5, 5.41) is 34.0. The summed E-state index contributed by atoms with van der Waals surface area (Å²) in [4.78, 5) is 58.3. The Kier molecular flexibility index (Phi) is 18.3. The lowest BCUT2D eigenvalue weighted by molar-refractivity contribution is -0.526. The molecule has 4 rings (SSSR count). The van der Waals surface area contributed by atoms with Gasteiger partial charge in [-0.3, -0.25) is 23.5 Å². The molecule has 1 heterocycles. The van der Waals surface area contributed by atoms with Crippen molar-refractivity contribution in [2.45, 2.75) is 50.9 Å². The molecule has 0 saturated heterocycles. The molecule has 0 bridgehead atoms. The van der Waals surface area contributed by atoms with Gasteiger partial charge in [0.15, 0.2) is 17.3 Å². The van der Waals surface area contributed by atoms with Gasteiger partial charge in [0.05, 0.1) is 17.4 Å². The fourth-order valence-electron chi connectivity index (χ4n) is 6.71. The number of carbonyl (C=O) groups is 4. The minimum Gasteiger partial charge on any atom is -0.492 e. The van der Waals surface area contributed by atoms with E-state index in [0.717, 1.165) is 29.9 Å². The van der Waals surface area contributed by atoms with Crippen LogP contribution in [0.2, 0.25) is 0 Å². The minimum absolute atomic E-state index is 0.0615. The average Bonchev–Trinajstić information content (AvgIpc) is 3.50. The molecule has 0 spiro atoms. The average molecular weight is 902 g/mol. The lowest BCUT2D eigenvalue weighted by atomic mass is 9.63. The number of carbonyl (C=O) groups excluding carboxylic acids is 4.